The third-order valence-electron chi connectivity index (χ3n) is 2.77. The first-order valence-corrected chi connectivity index (χ1v) is 6.19. The summed E-state index contributed by atoms with van der Waals surface area (Å²) in [7, 11) is 0. The Morgan fingerprint density at radius 1 is 1.19 bits per heavy atom. The quantitative estimate of drug-likeness (QED) is 0.529. The van der Waals surface area contributed by atoms with Crippen molar-refractivity contribution in [2.24, 2.45) is 0 Å². The van der Waals surface area contributed by atoms with Crippen LogP contribution in [0.2, 0.25) is 0 Å². The number of aromatic nitrogens is 2. The second kappa shape index (κ2) is 5.16. The first-order valence-electron chi connectivity index (χ1n) is 6.19. The Balaban J connectivity index is 2.21. The minimum Gasteiger partial charge on any atom is -0.426 e. The lowest BCUT2D eigenvalue weighted by molar-refractivity contribution is -0.131. The van der Waals surface area contributed by atoms with Gasteiger partial charge in [-0.05, 0) is 24.3 Å². The molecule has 21 heavy (non-hydrogen) atoms. The summed E-state index contributed by atoms with van der Waals surface area (Å²) in [6.45, 7) is 1.29. The highest BCUT2D eigenvalue weighted by Gasteiger charge is 2.14. The van der Waals surface area contributed by atoms with Crippen molar-refractivity contribution in [2.45, 2.75) is 6.92 Å². The van der Waals surface area contributed by atoms with Gasteiger partial charge in [-0.1, -0.05) is 12.1 Å². The standard InChI is InChI=1S/C15H10N2O4/c1-9(18)20-12-7-3-2-5-10(12)14-17-13-11(15(19)21-14)6-4-8-16-13/h2-8H,1H3. The van der Waals surface area contributed by atoms with E-state index in [4.69, 9.17) is 9.15 Å². The Morgan fingerprint density at radius 3 is 2.81 bits per heavy atom. The number of rotatable bonds is 2. The molecule has 0 atom stereocenters. The molecular weight excluding hydrogens is 272 g/mol. The number of hydrogen-bond acceptors (Lipinski definition) is 6. The molecule has 2 heterocycles. The number of esters is 1. The number of fused-ring (bicyclic) bond motifs is 1. The number of carbonyl (C=O) groups excluding carboxylic acids is 1. The van der Waals surface area contributed by atoms with Crippen LogP contribution >= 0.6 is 0 Å². The summed E-state index contributed by atoms with van der Waals surface area (Å²) < 4.78 is 10.3. The molecule has 0 unspecified atom stereocenters. The molecule has 0 spiro atoms. The van der Waals surface area contributed by atoms with E-state index in [-0.39, 0.29) is 17.3 Å². The predicted octanol–water partition coefficient (Wildman–Crippen LogP) is 2.18. The van der Waals surface area contributed by atoms with Gasteiger partial charge in [0, 0.05) is 13.1 Å². The molecule has 2 aromatic heterocycles. The van der Waals surface area contributed by atoms with Gasteiger partial charge in [0.2, 0.25) is 5.89 Å². The van der Waals surface area contributed by atoms with Gasteiger partial charge in [0.05, 0.1) is 5.56 Å². The highest BCUT2D eigenvalue weighted by molar-refractivity contribution is 5.77. The normalized spacial score (nSPS) is 10.5. The highest BCUT2D eigenvalue weighted by atomic mass is 16.5. The number of pyridine rings is 1. The zero-order valence-corrected chi connectivity index (χ0v) is 11.1. The fourth-order valence-electron chi connectivity index (χ4n) is 1.91. The molecule has 0 saturated carbocycles. The van der Waals surface area contributed by atoms with Crippen LogP contribution in [0.5, 0.6) is 5.75 Å². The molecule has 0 saturated heterocycles. The Bertz CT molecular complexity index is 886. The van der Waals surface area contributed by atoms with Gasteiger partial charge in [0.25, 0.3) is 0 Å². The molecular formula is C15H10N2O4. The Morgan fingerprint density at radius 2 is 2.00 bits per heavy atom. The molecule has 0 amide bonds. The first kappa shape index (κ1) is 13.0. The van der Waals surface area contributed by atoms with E-state index in [9.17, 15) is 9.59 Å². The van der Waals surface area contributed by atoms with Gasteiger partial charge in [-0.2, -0.15) is 4.98 Å². The Kier molecular flexibility index (Phi) is 3.19. The summed E-state index contributed by atoms with van der Waals surface area (Å²) in [5, 5.41) is 0.297. The highest BCUT2D eigenvalue weighted by Crippen LogP contribution is 2.28. The maximum absolute atomic E-state index is 12.0. The first-order chi connectivity index (χ1) is 10.1. The molecule has 0 bridgehead atoms. The molecule has 6 nitrogen and oxygen atoms in total. The fourth-order valence-corrected chi connectivity index (χ4v) is 1.91. The van der Waals surface area contributed by atoms with Gasteiger partial charge in [0.1, 0.15) is 11.1 Å². The number of nitrogens with zero attached hydrogens (tertiary/aromatic N) is 2. The smallest absolute Gasteiger partial charge is 0.348 e. The molecule has 0 radical (unpaired) electrons. The van der Waals surface area contributed by atoms with Crippen molar-refractivity contribution >= 4 is 17.0 Å². The number of benzene rings is 1. The second-order valence-corrected chi connectivity index (χ2v) is 4.27. The molecule has 104 valence electrons. The third kappa shape index (κ3) is 2.51. The van der Waals surface area contributed by atoms with Crippen molar-refractivity contribution in [3.05, 3.63) is 53.0 Å². The lowest BCUT2D eigenvalue weighted by Gasteiger charge is -2.07. The van der Waals surface area contributed by atoms with Crippen molar-refractivity contribution in [2.75, 3.05) is 0 Å². The van der Waals surface area contributed by atoms with Crippen LogP contribution in [0.3, 0.4) is 0 Å². The van der Waals surface area contributed by atoms with Crippen molar-refractivity contribution in [3.8, 4) is 17.2 Å². The lowest BCUT2D eigenvalue weighted by Crippen LogP contribution is -2.06. The molecule has 0 aliphatic rings. The van der Waals surface area contributed by atoms with E-state index >= 15 is 0 Å². The molecule has 0 fully saturated rings. The van der Waals surface area contributed by atoms with Crippen LogP contribution in [0.4, 0.5) is 0 Å². The third-order valence-corrected chi connectivity index (χ3v) is 2.77. The number of para-hydroxylation sites is 1. The molecule has 6 heteroatoms. The molecule has 0 N–H and O–H groups in total. The molecule has 0 aliphatic heterocycles. The lowest BCUT2D eigenvalue weighted by atomic mass is 10.2. The number of hydrogen-bond donors (Lipinski definition) is 0. The SMILES string of the molecule is CC(=O)Oc1ccccc1-c1nc2ncccc2c(=O)o1. The summed E-state index contributed by atoms with van der Waals surface area (Å²) >= 11 is 0. The summed E-state index contributed by atoms with van der Waals surface area (Å²) in [6, 6.07) is 9.90. The predicted molar refractivity (Wildman–Crippen MR) is 74.8 cm³/mol. The van der Waals surface area contributed by atoms with Gasteiger partial charge in [-0.25, -0.2) is 9.78 Å². The van der Waals surface area contributed by atoms with E-state index in [0.29, 0.717) is 10.9 Å². The number of carbonyl (C=O) groups is 1. The van der Waals surface area contributed by atoms with Gasteiger partial charge in [-0.3, -0.25) is 4.79 Å². The molecule has 1 aromatic carbocycles. The van der Waals surface area contributed by atoms with E-state index in [0.717, 1.165) is 0 Å². The summed E-state index contributed by atoms with van der Waals surface area (Å²) in [5.74, 6) is -0.136. The van der Waals surface area contributed by atoms with Crippen LogP contribution in [0.1, 0.15) is 6.92 Å². The average Bonchev–Trinajstić information content (AvgIpc) is 2.47. The van der Waals surface area contributed by atoms with Crippen LogP contribution in [0.15, 0.2) is 51.8 Å². The van der Waals surface area contributed by atoms with Gasteiger partial charge >= 0.3 is 11.6 Å². The summed E-state index contributed by atoms with van der Waals surface area (Å²) in [4.78, 5) is 31.3. The van der Waals surface area contributed by atoms with E-state index in [2.05, 4.69) is 9.97 Å². The van der Waals surface area contributed by atoms with Crippen molar-refractivity contribution < 1.29 is 13.9 Å². The van der Waals surface area contributed by atoms with Crippen LogP contribution in [-0.4, -0.2) is 15.9 Å². The van der Waals surface area contributed by atoms with Gasteiger partial charge < -0.3 is 9.15 Å². The van der Waals surface area contributed by atoms with E-state index in [1.54, 1.807) is 36.4 Å². The van der Waals surface area contributed by atoms with Gasteiger partial charge in [-0.15, -0.1) is 0 Å². The minimum atomic E-state index is -0.541. The molecule has 3 aromatic rings. The van der Waals surface area contributed by atoms with Crippen LogP contribution in [0.25, 0.3) is 22.5 Å². The Labute approximate surface area is 119 Å². The van der Waals surface area contributed by atoms with Gasteiger partial charge in [0.15, 0.2) is 5.65 Å². The zero-order valence-electron chi connectivity index (χ0n) is 11.1. The average molecular weight is 282 g/mol. The van der Waals surface area contributed by atoms with Crippen LogP contribution in [0, 0.1) is 0 Å². The Hall–Kier alpha value is -3.02. The van der Waals surface area contributed by atoms with Crippen molar-refractivity contribution in [3.63, 3.8) is 0 Å². The molecule has 3 rings (SSSR count). The summed E-state index contributed by atoms with van der Waals surface area (Å²) in [6.07, 6.45) is 1.54. The molecule has 0 aliphatic carbocycles. The summed E-state index contributed by atoms with van der Waals surface area (Å²) in [5.41, 5.74) is 0.152. The number of ether oxygens (including phenoxy) is 1. The maximum Gasteiger partial charge on any atom is 0.348 e. The maximum atomic E-state index is 12.0. The zero-order chi connectivity index (χ0) is 14.8. The van der Waals surface area contributed by atoms with E-state index in [1.807, 2.05) is 0 Å². The van der Waals surface area contributed by atoms with Crippen molar-refractivity contribution in [1.29, 1.82) is 0 Å². The second-order valence-electron chi connectivity index (χ2n) is 4.27. The fraction of sp³-hybridized carbons (Fsp3) is 0.0667. The minimum absolute atomic E-state index is 0.0584. The monoisotopic (exact) mass is 282 g/mol. The van der Waals surface area contributed by atoms with E-state index < -0.39 is 11.6 Å². The van der Waals surface area contributed by atoms with Crippen LogP contribution in [-0.2, 0) is 4.79 Å². The van der Waals surface area contributed by atoms with Crippen molar-refractivity contribution in [1.82, 2.24) is 9.97 Å². The van der Waals surface area contributed by atoms with E-state index in [1.165, 1.54) is 13.1 Å². The van der Waals surface area contributed by atoms with Crippen LogP contribution < -0.4 is 10.4 Å². The topological polar surface area (TPSA) is 82.3 Å². The largest absolute Gasteiger partial charge is 0.426 e.